The van der Waals surface area contributed by atoms with Crippen LogP contribution in [0.1, 0.15) is 86.7 Å². The third-order valence-corrected chi connectivity index (χ3v) is 11.9. The number of aromatic nitrogens is 4. The van der Waals surface area contributed by atoms with Crippen molar-refractivity contribution in [2.45, 2.75) is 75.5 Å². The summed E-state index contributed by atoms with van der Waals surface area (Å²) < 4.78 is 0. The number of hydrogen-bond acceptors (Lipinski definition) is 6. The van der Waals surface area contributed by atoms with E-state index in [0.717, 1.165) is 76.5 Å². The molecule has 2 saturated heterocycles. The van der Waals surface area contributed by atoms with Gasteiger partial charge in [-0.1, -0.05) is 78.9 Å². The average Bonchev–Trinajstić information content (AvgIpc) is 4.05. The maximum Gasteiger partial charge on any atom is 0.404 e. The molecule has 1 aliphatic carbocycles. The summed E-state index contributed by atoms with van der Waals surface area (Å²) in [5, 5.41) is 11.6. The Kier molecular flexibility index (Phi) is 10.7. The predicted octanol–water partition coefficient (Wildman–Crippen LogP) is 7.59. The minimum Gasteiger partial charge on any atom is -0.465 e. The molecule has 0 bridgehead atoms. The maximum atomic E-state index is 13.9. The zero-order valence-electron chi connectivity index (χ0n) is 32.0. The van der Waals surface area contributed by atoms with Crippen molar-refractivity contribution in [2.75, 3.05) is 27.2 Å². The van der Waals surface area contributed by atoms with E-state index in [1.54, 1.807) is 0 Å². The fraction of sp³-hybridized carbons (Fsp3) is 0.386. The molecule has 3 amide bonds. The van der Waals surface area contributed by atoms with Crippen LogP contribution in [0, 0.1) is 5.92 Å². The van der Waals surface area contributed by atoms with Gasteiger partial charge in [-0.2, -0.15) is 0 Å². The molecule has 290 valence electrons. The van der Waals surface area contributed by atoms with E-state index in [1.807, 2.05) is 71.5 Å². The molecule has 3 atom stereocenters. The van der Waals surface area contributed by atoms with Crippen molar-refractivity contribution in [3.63, 3.8) is 0 Å². The van der Waals surface area contributed by atoms with Gasteiger partial charge in [0.05, 0.1) is 35.9 Å². The number of carbonyl (C=O) groups is 3. The number of hydrogen-bond donors (Lipinski definition) is 4. The van der Waals surface area contributed by atoms with Gasteiger partial charge < -0.3 is 30.2 Å². The zero-order chi connectivity index (χ0) is 38.8. The highest BCUT2D eigenvalue weighted by Gasteiger charge is 2.38. The van der Waals surface area contributed by atoms with Crippen molar-refractivity contribution in [1.82, 2.24) is 40.0 Å². The third-order valence-electron chi connectivity index (χ3n) is 11.9. The summed E-state index contributed by atoms with van der Waals surface area (Å²) in [7, 11) is 3.91. The van der Waals surface area contributed by atoms with Gasteiger partial charge in [0.1, 0.15) is 17.7 Å². The van der Waals surface area contributed by atoms with Gasteiger partial charge in [0, 0.05) is 25.0 Å². The molecular formula is C44H50N8O4. The van der Waals surface area contributed by atoms with E-state index in [9.17, 15) is 14.4 Å². The van der Waals surface area contributed by atoms with Crippen LogP contribution >= 0.6 is 0 Å². The monoisotopic (exact) mass is 754 g/mol. The first-order valence-corrected chi connectivity index (χ1v) is 19.9. The molecule has 4 N–H and O–H groups in total. The summed E-state index contributed by atoms with van der Waals surface area (Å²) in [5.74, 6) is 1.82. The van der Waals surface area contributed by atoms with Crippen molar-refractivity contribution in [3.8, 4) is 33.6 Å². The summed E-state index contributed by atoms with van der Waals surface area (Å²) in [5.41, 5.74) is 7.07. The van der Waals surface area contributed by atoms with Gasteiger partial charge in [-0.05, 0) is 93.3 Å². The molecule has 12 heteroatoms. The number of nitrogens with zero attached hydrogens (tertiary/aromatic N) is 5. The molecule has 12 nitrogen and oxygen atoms in total. The number of likely N-dealkylation sites (N-methyl/N-ethyl adjacent to an activating group) is 1. The lowest BCUT2D eigenvalue weighted by Gasteiger charge is -2.32. The molecule has 0 spiro atoms. The molecule has 3 fully saturated rings. The van der Waals surface area contributed by atoms with Gasteiger partial charge in [-0.15, -0.1) is 0 Å². The Morgan fingerprint density at radius 1 is 0.696 bits per heavy atom. The van der Waals surface area contributed by atoms with Crippen LogP contribution in [0.5, 0.6) is 0 Å². The smallest absolute Gasteiger partial charge is 0.404 e. The first-order chi connectivity index (χ1) is 27.2. The zero-order valence-corrected chi connectivity index (χ0v) is 32.0. The summed E-state index contributed by atoms with van der Waals surface area (Å²) in [6, 6.07) is 26.2. The molecule has 4 heterocycles. The topological polar surface area (TPSA) is 151 Å². The lowest BCUT2D eigenvalue weighted by Crippen LogP contribution is -2.41. The minimum absolute atomic E-state index is 0.0721. The fourth-order valence-electron chi connectivity index (χ4n) is 8.97. The second-order valence-electron chi connectivity index (χ2n) is 15.7. The van der Waals surface area contributed by atoms with Crippen molar-refractivity contribution in [2.24, 2.45) is 5.92 Å². The van der Waals surface area contributed by atoms with Crippen LogP contribution < -0.4 is 5.32 Å². The molecule has 56 heavy (non-hydrogen) atoms. The number of amides is 3. The number of carbonyl (C=O) groups excluding carboxylic acids is 2. The quantitative estimate of drug-likeness (QED) is 0.115. The van der Waals surface area contributed by atoms with E-state index in [-0.39, 0.29) is 41.9 Å². The van der Waals surface area contributed by atoms with Crippen molar-refractivity contribution >= 4 is 17.9 Å². The van der Waals surface area contributed by atoms with Gasteiger partial charge in [0.2, 0.25) is 11.8 Å². The number of H-pyrrole nitrogens is 2. The first kappa shape index (κ1) is 37.2. The van der Waals surface area contributed by atoms with E-state index in [2.05, 4.69) is 63.8 Å². The number of nitrogens with one attached hydrogen (secondary N) is 3. The Morgan fingerprint density at radius 3 is 1.71 bits per heavy atom. The molecule has 5 aromatic rings. The Hall–Kier alpha value is -5.75. The molecule has 3 aliphatic rings. The Balaban J connectivity index is 0.899. The molecule has 0 unspecified atom stereocenters. The molecule has 2 aliphatic heterocycles. The molecule has 0 radical (unpaired) electrons. The van der Waals surface area contributed by atoms with Crippen LogP contribution in [0.4, 0.5) is 4.79 Å². The van der Waals surface area contributed by atoms with E-state index in [1.165, 1.54) is 0 Å². The van der Waals surface area contributed by atoms with Crippen LogP contribution in [0.15, 0.2) is 91.3 Å². The predicted molar refractivity (Wildman–Crippen MR) is 214 cm³/mol. The molecular weight excluding hydrogens is 705 g/mol. The number of carboxylic acid groups (broad SMARTS) is 1. The highest BCUT2D eigenvalue weighted by atomic mass is 16.4. The highest BCUT2D eigenvalue weighted by Crippen LogP contribution is 2.37. The Morgan fingerprint density at radius 2 is 1.20 bits per heavy atom. The van der Waals surface area contributed by atoms with Crippen LogP contribution in [-0.4, -0.2) is 90.9 Å². The maximum absolute atomic E-state index is 13.9. The second kappa shape index (κ2) is 16.2. The molecule has 1 saturated carbocycles. The van der Waals surface area contributed by atoms with E-state index >= 15 is 0 Å². The summed E-state index contributed by atoms with van der Waals surface area (Å²) in [6.45, 7) is 1.43. The molecule has 8 rings (SSSR count). The second-order valence-corrected chi connectivity index (χ2v) is 15.7. The number of likely N-dealkylation sites (tertiary alicyclic amines) is 2. The number of rotatable bonds is 10. The molecule has 2 aromatic heterocycles. The van der Waals surface area contributed by atoms with Crippen LogP contribution in [0.25, 0.3) is 33.6 Å². The Bertz CT molecular complexity index is 2140. The average molecular weight is 755 g/mol. The van der Waals surface area contributed by atoms with Crippen LogP contribution in [-0.2, 0) is 9.59 Å². The molecule has 3 aromatic carbocycles. The Labute approximate surface area is 327 Å². The van der Waals surface area contributed by atoms with E-state index in [0.29, 0.717) is 38.8 Å². The highest BCUT2D eigenvalue weighted by molar-refractivity contribution is 5.84. The van der Waals surface area contributed by atoms with Crippen LogP contribution in [0.2, 0.25) is 0 Å². The van der Waals surface area contributed by atoms with Gasteiger partial charge >= 0.3 is 6.09 Å². The SMILES string of the molecule is CN(C)[C@@H](C(=O)N1CCC[C@H]1c1ncc(-c2ccc(-c3ccc(-c4cnc([C@@H]5CCCN5C(=O)[C@H]5CC[C@@H](NC(=O)O)CC5)[nH]4)cc3)cc2)[nH]1)c1ccccc1. The van der Waals surface area contributed by atoms with Gasteiger partial charge in [0.15, 0.2) is 0 Å². The van der Waals surface area contributed by atoms with Crippen molar-refractivity contribution < 1.29 is 19.5 Å². The number of benzene rings is 3. The van der Waals surface area contributed by atoms with Gasteiger partial charge in [0.25, 0.3) is 0 Å². The lowest BCUT2D eigenvalue weighted by atomic mass is 9.85. The van der Waals surface area contributed by atoms with Gasteiger partial charge in [-0.25, -0.2) is 14.8 Å². The number of imidazole rings is 2. The van der Waals surface area contributed by atoms with E-state index < -0.39 is 6.09 Å². The van der Waals surface area contributed by atoms with Crippen molar-refractivity contribution in [3.05, 3.63) is 108 Å². The fourth-order valence-corrected chi connectivity index (χ4v) is 8.97. The first-order valence-electron chi connectivity index (χ1n) is 19.9. The summed E-state index contributed by atoms with van der Waals surface area (Å²) >= 11 is 0. The largest absolute Gasteiger partial charge is 0.465 e. The van der Waals surface area contributed by atoms with Gasteiger partial charge in [-0.3, -0.25) is 14.5 Å². The summed E-state index contributed by atoms with van der Waals surface area (Å²) in [4.78, 5) is 61.0. The summed E-state index contributed by atoms with van der Waals surface area (Å²) in [6.07, 6.45) is 9.12. The number of aromatic amines is 2. The van der Waals surface area contributed by atoms with Crippen LogP contribution in [0.3, 0.4) is 0 Å². The lowest BCUT2D eigenvalue weighted by molar-refractivity contribution is -0.138. The normalized spacial score (nSPS) is 21.7. The van der Waals surface area contributed by atoms with E-state index in [4.69, 9.17) is 15.1 Å². The standard InChI is InChI=1S/C44H50N8O4/c1-50(2)39(32-8-4-3-5-9-32)43(54)52-25-7-11-38(52)41-46-27-36(49-41)31-18-14-29(15-19-31)28-12-16-30(17-13-28)35-26-45-40(48-35)37-10-6-24-51(37)42(53)33-20-22-34(23-21-33)47-44(55)56/h3-5,8-9,12-19,26-27,33-34,37-39,47H,6-7,10-11,20-25H2,1-2H3,(H,45,48)(H,46,49)(H,55,56)/t33-,34+,37-,38-,39+/m0/s1. The van der Waals surface area contributed by atoms with Crippen molar-refractivity contribution in [1.29, 1.82) is 0 Å². The third kappa shape index (κ3) is 7.70. The minimum atomic E-state index is -1.00.